The normalized spacial score (nSPS) is 21.1. The highest BCUT2D eigenvalue weighted by Crippen LogP contribution is 2.44. The molecule has 30 heavy (non-hydrogen) atoms. The maximum Gasteiger partial charge on any atom is 0.299 e. The van der Waals surface area contributed by atoms with Gasteiger partial charge in [0.05, 0.1) is 12.4 Å². The topological polar surface area (TPSA) is 102 Å². The van der Waals surface area contributed by atoms with E-state index in [2.05, 4.69) is 20.3 Å². The van der Waals surface area contributed by atoms with Crippen LogP contribution in [0.2, 0.25) is 0 Å². The summed E-state index contributed by atoms with van der Waals surface area (Å²) in [6, 6.07) is 3.01. The van der Waals surface area contributed by atoms with Crippen molar-refractivity contribution in [1.82, 2.24) is 9.97 Å². The second-order valence-corrected chi connectivity index (χ2v) is 6.65. The van der Waals surface area contributed by atoms with Gasteiger partial charge in [-0.3, -0.25) is 14.8 Å². The maximum absolute atomic E-state index is 14.7. The first kappa shape index (κ1) is 21.6. The number of aliphatic imine (C=N–C) groups is 1. The monoisotopic (exact) mass is 429 g/mol. The van der Waals surface area contributed by atoms with Crippen LogP contribution in [0.4, 0.5) is 27.6 Å². The summed E-state index contributed by atoms with van der Waals surface area (Å²) in [5, 5.41) is 2.33. The number of carbonyl (C=O) groups is 1. The molecule has 0 fully saturated rings. The molecule has 1 unspecified atom stereocenters. The summed E-state index contributed by atoms with van der Waals surface area (Å²) < 4.78 is 73.7. The Morgan fingerprint density at radius 2 is 2.00 bits per heavy atom. The molecule has 0 saturated heterocycles. The summed E-state index contributed by atoms with van der Waals surface area (Å²) >= 11 is 0. The third-order valence-corrected chi connectivity index (χ3v) is 4.49. The van der Waals surface area contributed by atoms with Crippen LogP contribution in [0.3, 0.4) is 0 Å². The van der Waals surface area contributed by atoms with Crippen molar-refractivity contribution in [3.05, 3.63) is 53.4 Å². The number of anilines is 1. The minimum Gasteiger partial charge on any atom is -0.385 e. The molecule has 3 rings (SSSR count). The molecule has 0 aliphatic carbocycles. The zero-order valence-electron chi connectivity index (χ0n) is 15.5. The highest BCUT2D eigenvalue weighted by Gasteiger charge is 2.54. The largest absolute Gasteiger partial charge is 0.385 e. The van der Waals surface area contributed by atoms with E-state index in [1.807, 2.05) is 0 Å². The van der Waals surface area contributed by atoms with Crippen molar-refractivity contribution in [2.75, 3.05) is 18.5 Å². The van der Waals surface area contributed by atoms with Gasteiger partial charge in [-0.05, 0) is 25.1 Å². The summed E-state index contributed by atoms with van der Waals surface area (Å²) in [5.41, 5.74) is 1.71. The SMILES string of the molecule is CC1(c2cc(NC(=O)c3cnc(C(F)F)cn3)ccc2F)N=C(N)COCC1(F)F. The number of nitrogens with one attached hydrogen (secondary N) is 1. The number of amidine groups is 1. The highest BCUT2D eigenvalue weighted by molar-refractivity contribution is 6.02. The fourth-order valence-electron chi connectivity index (χ4n) is 2.82. The lowest BCUT2D eigenvalue weighted by Gasteiger charge is -2.33. The molecule has 0 radical (unpaired) electrons. The molecule has 1 atom stereocenters. The van der Waals surface area contributed by atoms with Crippen LogP contribution >= 0.6 is 0 Å². The van der Waals surface area contributed by atoms with Gasteiger partial charge in [-0.1, -0.05) is 0 Å². The van der Waals surface area contributed by atoms with E-state index in [4.69, 9.17) is 10.5 Å². The van der Waals surface area contributed by atoms with E-state index in [0.29, 0.717) is 0 Å². The predicted molar refractivity (Wildman–Crippen MR) is 96.1 cm³/mol. The Kier molecular flexibility index (Phi) is 5.70. The Balaban J connectivity index is 1.93. The zero-order valence-corrected chi connectivity index (χ0v) is 15.5. The molecule has 1 aromatic carbocycles. The lowest BCUT2D eigenvalue weighted by molar-refractivity contribution is -0.116. The second-order valence-electron chi connectivity index (χ2n) is 6.65. The Morgan fingerprint density at radius 3 is 2.63 bits per heavy atom. The summed E-state index contributed by atoms with van der Waals surface area (Å²) in [5.74, 6) is -5.69. The number of nitrogens with two attached hydrogens (primary N) is 1. The molecule has 7 nitrogen and oxygen atoms in total. The molecule has 2 heterocycles. The van der Waals surface area contributed by atoms with E-state index in [-0.39, 0.29) is 23.8 Å². The molecular formula is C18H16F5N5O2. The van der Waals surface area contributed by atoms with Gasteiger partial charge in [0.15, 0.2) is 5.54 Å². The number of alkyl halides is 4. The van der Waals surface area contributed by atoms with Crippen molar-refractivity contribution in [2.24, 2.45) is 10.7 Å². The van der Waals surface area contributed by atoms with Crippen LogP contribution in [0.1, 0.15) is 35.1 Å². The molecule has 160 valence electrons. The van der Waals surface area contributed by atoms with Gasteiger partial charge in [0, 0.05) is 11.3 Å². The number of nitrogens with zero attached hydrogens (tertiary/aromatic N) is 3. The number of carbonyl (C=O) groups excluding carboxylic acids is 1. The molecule has 12 heteroatoms. The average molecular weight is 429 g/mol. The number of rotatable bonds is 4. The van der Waals surface area contributed by atoms with Gasteiger partial charge in [-0.2, -0.15) is 0 Å². The molecule has 0 saturated carbocycles. The summed E-state index contributed by atoms with van der Waals surface area (Å²) in [6.07, 6.45) is -1.28. The number of aromatic nitrogens is 2. The zero-order chi connectivity index (χ0) is 22.1. The summed E-state index contributed by atoms with van der Waals surface area (Å²) in [6.45, 7) is -0.362. The van der Waals surface area contributed by atoms with Gasteiger partial charge in [0.1, 0.15) is 36.3 Å². The minimum atomic E-state index is -3.60. The van der Waals surface area contributed by atoms with Crippen molar-refractivity contribution in [3.63, 3.8) is 0 Å². The fraction of sp³-hybridized carbons (Fsp3) is 0.333. The predicted octanol–water partition coefficient (Wildman–Crippen LogP) is 3.04. The van der Waals surface area contributed by atoms with Gasteiger partial charge >= 0.3 is 0 Å². The first-order valence-electron chi connectivity index (χ1n) is 8.55. The number of hydrogen-bond acceptors (Lipinski definition) is 6. The molecule has 3 N–H and O–H groups in total. The van der Waals surface area contributed by atoms with Crippen molar-refractivity contribution in [3.8, 4) is 0 Å². The first-order valence-corrected chi connectivity index (χ1v) is 8.55. The number of ether oxygens (including phenoxy) is 1. The number of hydrogen-bond donors (Lipinski definition) is 2. The van der Waals surface area contributed by atoms with Crippen LogP contribution < -0.4 is 11.1 Å². The van der Waals surface area contributed by atoms with Gasteiger partial charge in [0.2, 0.25) is 0 Å². The lowest BCUT2D eigenvalue weighted by atomic mass is 9.85. The third-order valence-electron chi connectivity index (χ3n) is 4.49. The van der Waals surface area contributed by atoms with Crippen LogP contribution in [0.15, 0.2) is 35.6 Å². The van der Waals surface area contributed by atoms with Gasteiger partial charge < -0.3 is 15.8 Å². The average Bonchev–Trinajstić information content (AvgIpc) is 2.78. The van der Waals surface area contributed by atoms with Crippen molar-refractivity contribution in [2.45, 2.75) is 24.8 Å². The van der Waals surface area contributed by atoms with Gasteiger partial charge in [0.25, 0.3) is 18.3 Å². The van der Waals surface area contributed by atoms with Crippen molar-refractivity contribution in [1.29, 1.82) is 0 Å². The Hall–Kier alpha value is -3.15. The van der Waals surface area contributed by atoms with Crippen LogP contribution in [0, 0.1) is 5.82 Å². The van der Waals surface area contributed by atoms with Crippen LogP contribution in [0.5, 0.6) is 0 Å². The quantitative estimate of drug-likeness (QED) is 0.728. The second kappa shape index (κ2) is 7.94. The van der Waals surface area contributed by atoms with Crippen LogP contribution in [0.25, 0.3) is 0 Å². The summed E-state index contributed by atoms with van der Waals surface area (Å²) in [7, 11) is 0. The lowest BCUT2D eigenvalue weighted by Crippen LogP contribution is -2.45. The van der Waals surface area contributed by atoms with E-state index in [9.17, 15) is 26.7 Å². The molecule has 0 bridgehead atoms. The molecule has 1 aromatic heterocycles. The molecule has 1 aliphatic rings. The molecule has 0 spiro atoms. The van der Waals surface area contributed by atoms with E-state index in [0.717, 1.165) is 37.5 Å². The molecule has 1 aliphatic heterocycles. The van der Waals surface area contributed by atoms with Crippen LogP contribution in [-0.2, 0) is 10.3 Å². The third kappa shape index (κ3) is 4.08. The van der Waals surface area contributed by atoms with E-state index in [1.165, 1.54) is 0 Å². The molecular weight excluding hydrogens is 413 g/mol. The van der Waals surface area contributed by atoms with E-state index < -0.39 is 47.5 Å². The Bertz CT molecular complexity index is 983. The maximum atomic E-state index is 14.7. The van der Waals surface area contributed by atoms with E-state index in [1.54, 1.807) is 0 Å². The first-order chi connectivity index (χ1) is 14.0. The fourth-order valence-corrected chi connectivity index (χ4v) is 2.82. The standard InChI is InChI=1S/C18H16F5N5O2/c1-17(18(22,23)8-30-7-14(24)28-17)10-4-9(2-3-11(10)19)27-16(29)13-6-25-12(5-26-13)15(20)21/h2-6,15H,7-8H2,1H3,(H2,24,28)(H,27,29). The molecule has 2 aromatic rings. The van der Waals surface area contributed by atoms with Crippen molar-refractivity contribution < 1.29 is 31.5 Å². The Labute approximate surface area is 167 Å². The van der Waals surface area contributed by atoms with Crippen LogP contribution in [-0.4, -0.2) is 40.8 Å². The van der Waals surface area contributed by atoms with E-state index >= 15 is 0 Å². The molecule has 1 amide bonds. The minimum absolute atomic E-state index is 0.0490. The van der Waals surface area contributed by atoms with Gasteiger partial charge in [-0.15, -0.1) is 0 Å². The summed E-state index contributed by atoms with van der Waals surface area (Å²) in [4.78, 5) is 23.0. The smallest absolute Gasteiger partial charge is 0.299 e. The van der Waals surface area contributed by atoms with Crippen molar-refractivity contribution >= 4 is 17.4 Å². The number of halogens is 5. The number of benzene rings is 1. The highest BCUT2D eigenvalue weighted by atomic mass is 19.3. The Morgan fingerprint density at radius 1 is 1.27 bits per heavy atom. The number of amides is 1. The van der Waals surface area contributed by atoms with Gasteiger partial charge in [-0.25, -0.2) is 26.9 Å².